The largest absolute Gasteiger partial charge is 0.379 e. The Morgan fingerprint density at radius 1 is 0.958 bits per heavy atom. The van der Waals surface area contributed by atoms with E-state index < -0.39 is 9.84 Å². The van der Waals surface area contributed by atoms with E-state index in [1.807, 2.05) is 0 Å². The quantitative estimate of drug-likeness (QED) is 0.174. The number of halogens is 1. The SMILES string of the molecule is CCCCCCCCCNC(=NC)NCCOCCS(C)(=O)=O.I. The summed E-state index contributed by atoms with van der Waals surface area (Å²) in [4.78, 5) is 4.15. The number of hydrogen-bond donors (Lipinski definition) is 2. The molecule has 0 aromatic rings. The van der Waals surface area contributed by atoms with Gasteiger partial charge in [-0.2, -0.15) is 0 Å². The van der Waals surface area contributed by atoms with Crippen LogP contribution in [0.15, 0.2) is 4.99 Å². The van der Waals surface area contributed by atoms with Crippen LogP contribution in [0, 0.1) is 0 Å². The summed E-state index contributed by atoms with van der Waals surface area (Å²) in [5.74, 6) is 0.834. The van der Waals surface area contributed by atoms with Crippen LogP contribution in [0.5, 0.6) is 0 Å². The first-order valence-corrected chi connectivity index (χ1v) is 10.8. The second-order valence-corrected chi connectivity index (χ2v) is 8.05. The maximum atomic E-state index is 10.9. The Hall–Kier alpha value is -0.0900. The summed E-state index contributed by atoms with van der Waals surface area (Å²) >= 11 is 0. The number of guanidine groups is 1. The third kappa shape index (κ3) is 20.0. The van der Waals surface area contributed by atoms with Crippen molar-refractivity contribution in [1.29, 1.82) is 0 Å². The molecule has 8 heteroatoms. The van der Waals surface area contributed by atoms with Crippen molar-refractivity contribution < 1.29 is 13.2 Å². The molecule has 0 rings (SSSR count). The molecule has 146 valence electrons. The molecule has 24 heavy (non-hydrogen) atoms. The molecule has 6 nitrogen and oxygen atoms in total. The van der Waals surface area contributed by atoms with Crippen LogP contribution in [0.4, 0.5) is 0 Å². The summed E-state index contributed by atoms with van der Waals surface area (Å²) in [5, 5.41) is 6.42. The Labute approximate surface area is 165 Å². The fraction of sp³-hybridized carbons (Fsp3) is 0.938. The average molecular weight is 477 g/mol. The van der Waals surface area contributed by atoms with E-state index in [0.717, 1.165) is 18.9 Å². The fourth-order valence-corrected chi connectivity index (χ4v) is 2.48. The number of hydrogen-bond acceptors (Lipinski definition) is 4. The summed E-state index contributed by atoms with van der Waals surface area (Å²) < 4.78 is 27.1. The summed E-state index contributed by atoms with van der Waals surface area (Å²) in [6, 6.07) is 0. The number of nitrogens with one attached hydrogen (secondary N) is 2. The first kappa shape index (κ1) is 26.1. The fourth-order valence-electron chi connectivity index (χ4n) is 2.06. The van der Waals surface area contributed by atoms with Gasteiger partial charge in [-0.25, -0.2) is 8.42 Å². The summed E-state index contributed by atoms with van der Waals surface area (Å²) in [7, 11) is -1.20. The van der Waals surface area contributed by atoms with Crippen LogP contribution in [0.2, 0.25) is 0 Å². The molecule has 0 spiro atoms. The van der Waals surface area contributed by atoms with E-state index in [9.17, 15) is 8.42 Å². The topological polar surface area (TPSA) is 79.8 Å². The van der Waals surface area contributed by atoms with Gasteiger partial charge >= 0.3 is 0 Å². The normalized spacial score (nSPS) is 11.9. The minimum atomic E-state index is -2.94. The first-order chi connectivity index (χ1) is 11.0. The van der Waals surface area contributed by atoms with Gasteiger partial charge in [0.15, 0.2) is 5.96 Å². The predicted octanol–water partition coefficient (Wildman–Crippen LogP) is 2.58. The molecule has 0 radical (unpaired) electrons. The zero-order valence-corrected chi connectivity index (χ0v) is 18.6. The highest BCUT2D eigenvalue weighted by atomic mass is 127. The maximum Gasteiger partial charge on any atom is 0.191 e. The predicted molar refractivity (Wildman–Crippen MR) is 113 cm³/mol. The van der Waals surface area contributed by atoms with Crippen molar-refractivity contribution in [1.82, 2.24) is 10.6 Å². The lowest BCUT2D eigenvalue weighted by atomic mass is 10.1. The minimum Gasteiger partial charge on any atom is -0.379 e. The standard InChI is InChI=1S/C16H35N3O3S.HI/c1-4-5-6-7-8-9-10-11-18-16(17-2)19-12-13-22-14-15-23(3,20)21;/h4-15H2,1-3H3,(H2,17,18,19);1H. The Morgan fingerprint density at radius 3 is 2.12 bits per heavy atom. The molecule has 0 heterocycles. The molecule has 0 aliphatic carbocycles. The summed E-state index contributed by atoms with van der Waals surface area (Å²) in [6.07, 6.45) is 10.3. The molecule has 0 aliphatic heterocycles. The van der Waals surface area contributed by atoms with Crippen molar-refractivity contribution in [2.24, 2.45) is 4.99 Å². The van der Waals surface area contributed by atoms with E-state index >= 15 is 0 Å². The molecular weight excluding hydrogens is 441 g/mol. The third-order valence-corrected chi connectivity index (χ3v) is 4.34. The van der Waals surface area contributed by atoms with Gasteiger partial charge < -0.3 is 15.4 Å². The van der Waals surface area contributed by atoms with E-state index in [-0.39, 0.29) is 36.3 Å². The lowest BCUT2D eigenvalue weighted by Gasteiger charge is -2.12. The van der Waals surface area contributed by atoms with E-state index in [1.54, 1.807) is 7.05 Å². The zero-order chi connectivity index (χ0) is 17.4. The molecule has 2 N–H and O–H groups in total. The molecular formula is C16H36IN3O3S. The van der Waals surface area contributed by atoms with Gasteiger partial charge in [0.1, 0.15) is 9.84 Å². The van der Waals surface area contributed by atoms with Crippen molar-refractivity contribution >= 4 is 39.8 Å². The van der Waals surface area contributed by atoms with Crippen molar-refractivity contribution in [2.45, 2.75) is 51.9 Å². The Morgan fingerprint density at radius 2 is 1.54 bits per heavy atom. The van der Waals surface area contributed by atoms with Crippen LogP contribution >= 0.6 is 24.0 Å². The van der Waals surface area contributed by atoms with E-state index in [1.165, 1.54) is 44.8 Å². The molecule has 0 bridgehead atoms. The molecule has 0 fully saturated rings. The van der Waals surface area contributed by atoms with Crippen LogP contribution in [0.1, 0.15) is 51.9 Å². The summed E-state index contributed by atoms with van der Waals surface area (Å²) in [5.41, 5.74) is 0. The maximum absolute atomic E-state index is 10.9. The molecule has 0 saturated heterocycles. The molecule has 0 atom stereocenters. The van der Waals surface area contributed by atoms with Gasteiger partial charge in [0.25, 0.3) is 0 Å². The smallest absolute Gasteiger partial charge is 0.191 e. The van der Waals surface area contributed by atoms with Crippen molar-refractivity contribution in [3.63, 3.8) is 0 Å². The van der Waals surface area contributed by atoms with Crippen LogP contribution in [0.25, 0.3) is 0 Å². The van der Waals surface area contributed by atoms with Crippen molar-refractivity contribution in [3.8, 4) is 0 Å². The number of rotatable bonds is 14. The highest BCUT2D eigenvalue weighted by Gasteiger charge is 2.01. The van der Waals surface area contributed by atoms with Crippen LogP contribution in [-0.4, -0.2) is 59.7 Å². The Kier molecular flexibility index (Phi) is 19.3. The highest BCUT2D eigenvalue weighted by Crippen LogP contribution is 2.06. The Balaban J connectivity index is 0. The Bertz CT molecular complexity index is 403. The van der Waals surface area contributed by atoms with Gasteiger partial charge in [0.05, 0.1) is 19.0 Å². The molecule has 0 unspecified atom stereocenters. The average Bonchev–Trinajstić information content (AvgIpc) is 2.50. The number of sulfone groups is 1. The van der Waals surface area contributed by atoms with Crippen molar-refractivity contribution in [3.05, 3.63) is 0 Å². The lowest BCUT2D eigenvalue weighted by molar-refractivity contribution is 0.154. The van der Waals surface area contributed by atoms with Gasteiger partial charge in [-0.15, -0.1) is 24.0 Å². The van der Waals surface area contributed by atoms with Crippen molar-refractivity contribution in [2.75, 3.05) is 45.4 Å². The van der Waals surface area contributed by atoms with Gasteiger partial charge in [-0.3, -0.25) is 4.99 Å². The van der Waals surface area contributed by atoms with Gasteiger partial charge in [0.2, 0.25) is 0 Å². The number of ether oxygens (including phenoxy) is 1. The van der Waals surface area contributed by atoms with Crippen LogP contribution in [-0.2, 0) is 14.6 Å². The molecule has 0 amide bonds. The van der Waals surface area contributed by atoms with Gasteiger partial charge in [0, 0.05) is 26.4 Å². The second kappa shape index (κ2) is 17.7. The second-order valence-electron chi connectivity index (χ2n) is 5.79. The molecule has 0 aromatic heterocycles. The molecule has 0 aromatic carbocycles. The number of unbranched alkanes of at least 4 members (excludes halogenated alkanes) is 6. The lowest BCUT2D eigenvalue weighted by Crippen LogP contribution is -2.39. The number of nitrogens with zero attached hydrogens (tertiary/aromatic N) is 1. The van der Waals surface area contributed by atoms with E-state index in [0.29, 0.717) is 13.2 Å². The van der Waals surface area contributed by atoms with E-state index in [4.69, 9.17) is 4.74 Å². The minimum absolute atomic E-state index is 0. The first-order valence-electron chi connectivity index (χ1n) is 8.69. The van der Waals surface area contributed by atoms with Gasteiger partial charge in [-0.05, 0) is 6.42 Å². The molecule has 0 aliphatic rings. The number of aliphatic imine (C=N–C) groups is 1. The van der Waals surface area contributed by atoms with Crippen LogP contribution < -0.4 is 10.6 Å². The monoisotopic (exact) mass is 477 g/mol. The van der Waals surface area contributed by atoms with Crippen LogP contribution in [0.3, 0.4) is 0 Å². The summed E-state index contributed by atoms with van der Waals surface area (Å²) in [6.45, 7) is 4.47. The third-order valence-electron chi connectivity index (χ3n) is 3.43. The molecule has 0 saturated carbocycles. The zero-order valence-electron chi connectivity index (χ0n) is 15.5. The van der Waals surface area contributed by atoms with Gasteiger partial charge in [-0.1, -0.05) is 45.4 Å². The van der Waals surface area contributed by atoms with E-state index in [2.05, 4.69) is 22.5 Å². The highest BCUT2D eigenvalue weighted by molar-refractivity contribution is 14.0.